The lowest BCUT2D eigenvalue weighted by atomic mass is 10.2. The number of aromatic nitrogens is 4. The molecule has 0 aliphatic carbocycles. The van der Waals surface area contributed by atoms with Crippen molar-refractivity contribution in [2.75, 3.05) is 0 Å². The van der Waals surface area contributed by atoms with Crippen molar-refractivity contribution < 1.29 is 0 Å². The van der Waals surface area contributed by atoms with E-state index in [0.29, 0.717) is 18.2 Å². The highest BCUT2D eigenvalue weighted by atomic mass is 35.5. The van der Waals surface area contributed by atoms with Crippen molar-refractivity contribution >= 4 is 11.6 Å². The fourth-order valence-corrected chi connectivity index (χ4v) is 2.14. The van der Waals surface area contributed by atoms with Crippen LogP contribution < -0.4 is 5.73 Å². The molecule has 0 fully saturated rings. The van der Waals surface area contributed by atoms with Crippen molar-refractivity contribution in [1.82, 2.24) is 19.3 Å². The minimum absolute atomic E-state index is 0.470. The van der Waals surface area contributed by atoms with Gasteiger partial charge < -0.3 is 10.3 Å². The summed E-state index contributed by atoms with van der Waals surface area (Å²) in [5.74, 6) is 0.935. The zero-order valence-electron chi connectivity index (χ0n) is 10.2. The van der Waals surface area contributed by atoms with Gasteiger partial charge in [0.25, 0.3) is 0 Å². The van der Waals surface area contributed by atoms with E-state index < -0.39 is 0 Å². The molecular formula is C11H16ClN5. The van der Waals surface area contributed by atoms with E-state index >= 15 is 0 Å². The van der Waals surface area contributed by atoms with Gasteiger partial charge in [-0.2, -0.15) is 5.10 Å². The first kappa shape index (κ1) is 12.1. The summed E-state index contributed by atoms with van der Waals surface area (Å²) in [7, 11) is 1.84. The van der Waals surface area contributed by atoms with Crippen LogP contribution >= 0.6 is 11.6 Å². The van der Waals surface area contributed by atoms with E-state index in [1.54, 1.807) is 10.9 Å². The molecule has 0 aliphatic rings. The maximum Gasteiger partial charge on any atom is 0.131 e. The maximum atomic E-state index is 6.21. The zero-order valence-corrected chi connectivity index (χ0v) is 11.0. The molecule has 2 heterocycles. The number of hydrogen-bond donors (Lipinski definition) is 1. The highest BCUT2D eigenvalue weighted by Crippen LogP contribution is 2.21. The molecule has 0 amide bonds. The molecule has 0 bridgehead atoms. The SMILES string of the molecule is Cc1nn(C)c(Cl)c1Cn1c(CN)cnc1C. The van der Waals surface area contributed by atoms with Crippen molar-refractivity contribution in [3.8, 4) is 0 Å². The van der Waals surface area contributed by atoms with Crippen LogP contribution in [0.4, 0.5) is 0 Å². The van der Waals surface area contributed by atoms with Crippen molar-refractivity contribution in [2.45, 2.75) is 26.9 Å². The van der Waals surface area contributed by atoms with Crippen LogP contribution in [0.2, 0.25) is 5.15 Å². The van der Waals surface area contributed by atoms with E-state index in [2.05, 4.69) is 14.6 Å². The first-order valence-corrected chi connectivity index (χ1v) is 5.81. The van der Waals surface area contributed by atoms with Crippen LogP contribution in [0.5, 0.6) is 0 Å². The van der Waals surface area contributed by atoms with Gasteiger partial charge in [0, 0.05) is 25.4 Å². The summed E-state index contributed by atoms with van der Waals surface area (Å²) in [5.41, 5.74) is 8.64. The average molecular weight is 254 g/mol. The normalized spacial score (nSPS) is 11.1. The lowest BCUT2D eigenvalue weighted by Gasteiger charge is -2.08. The van der Waals surface area contributed by atoms with Crippen LogP contribution in [0.1, 0.15) is 22.8 Å². The van der Waals surface area contributed by atoms with Crippen molar-refractivity contribution in [3.05, 3.63) is 34.1 Å². The Bertz CT molecular complexity index is 540. The molecule has 92 valence electrons. The molecule has 0 unspecified atom stereocenters. The van der Waals surface area contributed by atoms with Crippen LogP contribution in [-0.2, 0) is 20.1 Å². The third kappa shape index (κ3) is 2.08. The standard InChI is InChI=1S/C11H16ClN5/c1-7-10(11(12)16(3)15-7)6-17-8(2)14-5-9(17)4-13/h5H,4,6,13H2,1-3H3. The molecule has 0 aromatic carbocycles. The van der Waals surface area contributed by atoms with Gasteiger partial charge in [0.15, 0.2) is 0 Å². The summed E-state index contributed by atoms with van der Waals surface area (Å²) in [5, 5.41) is 4.96. The van der Waals surface area contributed by atoms with E-state index in [4.69, 9.17) is 17.3 Å². The maximum absolute atomic E-state index is 6.21. The molecule has 2 aromatic heterocycles. The number of rotatable bonds is 3. The second-order valence-electron chi connectivity index (χ2n) is 4.07. The second kappa shape index (κ2) is 4.50. The van der Waals surface area contributed by atoms with Crippen molar-refractivity contribution in [2.24, 2.45) is 12.8 Å². The molecule has 0 saturated heterocycles. The van der Waals surface area contributed by atoms with Gasteiger partial charge in [-0.25, -0.2) is 4.98 Å². The molecule has 6 heteroatoms. The van der Waals surface area contributed by atoms with E-state index in [-0.39, 0.29) is 0 Å². The van der Waals surface area contributed by atoms with Crippen LogP contribution in [0.25, 0.3) is 0 Å². The van der Waals surface area contributed by atoms with Gasteiger partial charge in [-0.3, -0.25) is 4.68 Å². The smallest absolute Gasteiger partial charge is 0.131 e. The van der Waals surface area contributed by atoms with Gasteiger partial charge in [-0.15, -0.1) is 0 Å². The molecule has 2 aromatic rings. The molecule has 0 atom stereocenters. The summed E-state index contributed by atoms with van der Waals surface area (Å²) in [6.45, 7) is 5.04. The van der Waals surface area contributed by atoms with Gasteiger partial charge in [0.05, 0.1) is 17.9 Å². The van der Waals surface area contributed by atoms with E-state index in [0.717, 1.165) is 22.8 Å². The number of aryl methyl sites for hydroxylation is 3. The highest BCUT2D eigenvalue weighted by Gasteiger charge is 2.14. The molecule has 17 heavy (non-hydrogen) atoms. The van der Waals surface area contributed by atoms with Crippen LogP contribution in [0.3, 0.4) is 0 Å². The summed E-state index contributed by atoms with van der Waals surface area (Å²) in [6, 6.07) is 0. The Morgan fingerprint density at radius 1 is 1.41 bits per heavy atom. The predicted octanol–water partition coefficient (Wildman–Crippen LogP) is 1.39. The Labute approximate surface area is 105 Å². The Morgan fingerprint density at radius 2 is 2.12 bits per heavy atom. The second-order valence-corrected chi connectivity index (χ2v) is 4.42. The number of hydrogen-bond acceptors (Lipinski definition) is 3. The fourth-order valence-electron chi connectivity index (χ4n) is 1.91. The van der Waals surface area contributed by atoms with E-state index in [1.165, 1.54) is 0 Å². The third-order valence-corrected chi connectivity index (χ3v) is 3.41. The van der Waals surface area contributed by atoms with E-state index in [1.807, 2.05) is 20.9 Å². The number of imidazole rings is 1. The Hall–Kier alpha value is -1.33. The Balaban J connectivity index is 2.40. The highest BCUT2D eigenvalue weighted by molar-refractivity contribution is 6.30. The first-order valence-electron chi connectivity index (χ1n) is 5.43. The van der Waals surface area contributed by atoms with Crippen molar-refractivity contribution in [3.63, 3.8) is 0 Å². The van der Waals surface area contributed by atoms with E-state index in [9.17, 15) is 0 Å². The molecular weight excluding hydrogens is 238 g/mol. The lowest BCUT2D eigenvalue weighted by molar-refractivity contribution is 0.710. The molecule has 0 saturated carbocycles. The summed E-state index contributed by atoms with van der Waals surface area (Å²) in [4.78, 5) is 4.26. The quantitative estimate of drug-likeness (QED) is 0.899. The van der Waals surface area contributed by atoms with Gasteiger partial charge in [0.2, 0.25) is 0 Å². The molecule has 0 spiro atoms. The van der Waals surface area contributed by atoms with Gasteiger partial charge in [0.1, 0.15) is 11.0 Å². The minimum atomic E-state index is 0.470. The molecule has 0 radical (unpaired) electrons. The minimum Gasteiger partial charge on any atom is -0.326 e. The van der Waals surface area contributed by atoms with Gasteiger partial charge in [-0.05, 0) is 13.8 Å². The summed E-state index contributed by atoms with van der Waals surface area (Å²) >= 11 is 6.21. The molecule has 2 N–H and O–H groups in total. The number of nitrogens with zero attached hydrogens (tertiary/aromatic N) is 4. The molecule has 0 aliphatic heterocycles. The molecule has 2 rings (SSSR count). The Morgan fingerprint density at radius 3 is 2.65 bits per heavy atom. The summed E-state index contributed by atoms with van der Waals surface area (Å²) in [6.07, 6.45) is 1.80. The predicted molar refractivity (Wildman–Crippen MR) is 66.9 cm³/mol. The summed E-state index contributed by atoms with van der Waals surface area (Å²) < 4.78 is 3.75. The van der Waals surface area contributed by atoms with Crippen LogP contribution in [0.15, 0.2) is 6.20 Å². The fraction of sp³-hybridized carbons (Fsp3) is 0.455. The van der Waals surface area contributed by atoms with Crippen LogP contribution in [-0.4, -0.2) is 19.3 Å². The monoisotopic (exact) mass is 253 g/mol. The van der Waals surface area contributed by atoms with Gasteiger partial charge >= 0.3 is 0 Å². The van der Waals surface area contributed by atoms with Crippen LogP contribution in [0, 0.1) is 13.8 Å². The molecule has 5 nitrogen and oxygen atoms in total. The first-order chi connectivity index (χ1) is 8.04. The van der Waals surface area contributed by atoms with Crippen molar-refractivity contribution in [1.29, 1.82) is 0 Å². The lowest BCUT2D eigenvalue weighted by Crippen LogP contribution is -2.10. The zero-order chi connectivity index (χ0) is 12.6. The largest absolute Gasteiger partial charge is 0.326 e. The number of halogens is 1. The van der Waals surface area contributed by atoms with Gasteiger partial charge in [-0.1, -0.05) is 11.6 Å². The average Bonchev–Trinajstić information content (AvgIpc) is 2.75. The Kier molecular flexibility index (Phi) is 3.22. The topological polar surface area (TPSA) is 61.7 Å². The third-order valence-electron chi connectivity index (χ3n) is 2.93. The number of nitrogens with two attached hydrogens (primary N) is 1.